The molecule has 1 aromatic carbocycles. The molecule has 5 nitrogen and oxygen atoms in total. The molecule has 0 bridgehead atoms. The van der Waals surface area contributed by atoms with Crippen LogP contribution in [0.5, 0.6) is 0 Å². The topological polar surface area (TPSA) is 48.9 Å². The van der Waals surface area contributed by atoms with Crippen molar-refractivity contribution in [1.82, 2.24) is 15.5 Å². The molecule has 1 saturated heterocycles. The summed E-state index contributed by atoms with van der Waals surface area (Å²) in [6.45, 7) is 7.62. The Kier molecular flexibility index (Phi) is 7.68. The lowest BCUT2D eigenvalue weighted by Crippen LogP contribution is -2.40. The molecule has 146 valence electrons. The molecule has 3 rings (SSSR count). The van der Waals surface area contributed by atoms with Crippen LogP contribution >= 0.6 is 11.3 Å². The van der Waals surface area contributed by atoms with Gasteiger partial charge in [0.2, 0.25) is 0 Å². The van der Waals surface area contributed by atoms with E-state index < -0.39 is 0 Å². The van der Waals surface area contributed by atoms with Gasteiger partial charge in [0, 0.05) is 44.6 Å². The molecule has 1 aliphatic heterocycles. The lowest BCUT2D eigenvalue weighted by Gasteiger charge is -2.31. The van der Waals surface area contributed by atoms with Crippen LogP contribution in [0.2, 0.25) is 0 Å². The van der Waals surface area contributed by atoms with Crippen LogP contribution in [0.25, 0.3) is 0 Å². The van der Waals surface area contributed by atoms with E-state index in [0.29, 0.717) is 6.10 Å². The molecule has 27 heavy (non-hydrogen) atoms. The maximum atomic E-state index is 5.63. The molecular formula is C21H30N4OS. The van der Waals surface area contributed by atoms with Gasteiger partial charge in [-0.15, -0.1) is 11.3 Å². The van der Waals surface area contributed by atoms with Gasteiger partial charge in [0.05, 0.1) is 12.7 Å². The highest BCUT2D eigenvalue weighted by atomic mass is 32.1. The molecule has 1 fully saturated rings. The van der Waals surface area contributed by atoms with Crippen LogP contribution < -0.4 is 10.6 Å². The zero-order valence-corrected chi connectivity index (χ0v) is 17.1. The number of hydrogen-bond acceptors (Lipinski definition) is 4. The normalized spacial score (nSPS) is 18.4. The molecule has 1 aliphatic rings. The van der Waals surface area contributed by atoms with Crippen LogP contribution in [0.3, 0.4) is 0 Å². The Morgan fingerprint density at radius 2 is 2.15 bits per heavy atom. The highest BCUT2D eigenvalue weighted by molar-refractivity contribution is 7.09. The van der Waals surface area contributed by atoms with E-state index in [-0.39, 0.29) is 0 Å². The predicted molar refractivity (Wildman–Crippen MR) is 113 cm³/mol. The minimum Gasteiger partial charge on any atom is -0.376 e. The summed E-state index contributed by atoms with van der Waals surface area (Å²) in [5.41, 5.74) is 2.62. The van der Waals surface area contributed by atoms with Crippen molar-refractivity contribution in [2.75, 3.05) is 33.3 Å². The fourth-order valence-electron chi connectivity index (χ4n) is 3.30. The SMILES string of the molecule is CN=C(NCCc1cccs1)NCc1cccc(CN2CCOC(C)C2)c1. The van der Waals surface area contributed by atoms with E-state index in [0.717, 1.165) is 51.7 Å². The third-order valence-electron chi connectivity index (χ3n) is 4.65. The van der Waals surface area contributed by atoms with E-state index in [2.05, 4.69) is 69.2 Å². The minimum absolute atomic E-state index is 0.326. The molecule has 6 heteroatoms. The van der Waals surface area contributed by atoms with E-state index in [1.807, 2.05) is 7.05 Å². The number of ether oxygens (including phenoxy) is 1. The van der Waals surface area contributed by atoms with E-state index >= 15 is 0 Å². The molecule has 0 radical (unpaired) electrons. The number of morpholine rings is 1. The molecule has 1 aromatic heterocycles. The first-order chi connectivity index (χ1) is 13.2. The number of hydrogen-bond donors (Lipinski definition) is 2. The monoisotopic (exact) mass is 386 g/mol. The Balaban J connectivity index is 1.45. The third kappa shape index (κ3) is 6.65. The fourth-order valence-corrected chi connectivity index (χ4v) is 4.00. The average molecular weight is 387 g/mol. The van der Waals surface area contributed by atoms with Gasteiger partial charge in [0.25, 0.3) is 0 Å². The Bertz CT molecular complexity index is 717. The minimum atomic E-state index is 0.326. The van der Waals surface area contributed by atoms with Gasteiger partial charge < -0.3 is 15.4 Å². The summed E-state index contributed by atoms with van der Waals surface area (Å²) in [6.07, 6.45) is 1.35. The Hall–Kier alpha value is -1.89. The molecule has 0 aliphatic carbocycles. The van der Waals surface area contributed by atoms with Crippen molar-refractivity contribution in [3.05, 3.63) is 57.8 Å². The standard InChI is InChI=1S/C21H30N4OS/c1-17-15-25(10-11-26-17)16-19-6-3-5-18(13-19)14-24-21(22-2)23-9-8-20-7-4-12-27-20/h3-7,12-13,17H,8-11,14-16H2,1-2H3,(H2,22,23,24). The molecule has 0 amide bonds. The number of aliphatic imine (C=N–C) groups is 1. The zero-order chi connectivity index (χ0) is 18.9. The van der Waals surface area contributed by atoms with Crippen molar-refractivity contribution in [1.29, 1.82) is 0 Å². The lowest BCUT2D eigenvalue weighted by atomic mass is 10.1. The number of rotatable bonds is 7. The molecule has 0 saturated carbocycles. The number of benzene rings is 1. The van der Waals surface area contributed by atoms with Gasteiger partial charge in [-0.25, -0.2) is 0 Å². The molecule has 2 heterocycles. The molecule has 1 unspecified atom stereocenters. The summed E-state index contributed by atoms with van der Waals surface area (Å²) >= 11 is 1.80. The van der Waals surface area contributed by atoms with Gasteiger partial charge >= 0.3 is 0 Å². The smallest absolute Gasteiger partial charge is 0.191 e. The first kappa shape index (κ1) is 19.9. The van der Waals surface area contributed by atoms with Gasteiger partial charge in [-0.1, -0.05) is 30.3 Å². The summed E-state index contributed by atoms with van der Waals surface area (Å²) < 4.78 is 5.63. The predicted octanol–water partition coefficient (Wildman–Crippen LogP) is 2.88. The molecule has 2 aromatic rings. The molecule has 1 atom stereocenters. The van der Waals surface area contributed by atoms with Crippen molar-refractivity contribution in [2.45, 2.75) is 32.5 Å². The highest BCUT2D eigenvalue weighted by Crippen LogP contribution is 2.12. The average Bonchev–Trinajstić information content (AvgIpc) is 3.18. The number of thiophene rings is 1. The Labute approximate surface area is 166 Å². The van der Waals surface area contributed by atoms with Crippen molar-refractivity contribution >= 4 is 17.3 Å². The van der Waals surface area contributed by atoms with E-state index in [9.17, 15) is 0 Å². The molecule has 0 spiro atoms. The van der Waals surface area contributed by atoms with Gasteiger partial charge in [0.15, 0.2) is 5.96 Å². The quantitative estimate of drug-likeness (QED) is 0.567. The number of nitrogens with one attached hydrogen (secondary N) is 2. The summed E-state index contributed by atoms with van der Waals surface area (Å²) in [4.78, 5) is 8.18. The zero-order valence-electron chi connectivity index (χ0n) is 16.3. The van der Waals surface area contributed by atoms with Gasteiger partial charge in [-0.3, -0.25) is 9.89 Å². The van der Waals surface area contributed by atoms with Gasteiger partial charge in [-0.2, -0.15) is 0 Å². The highest BCUT2D eigenvalue weighted by Gasteiger charge is 2.16. The number of nitrogens with zero attached hydrogens (tertiary/aromatic N) is 2. The van der Waals surface area contributed by atoms with Crippen LogP contribution in [0.4, 0.5) is 0 Å². The maximum absolute atomic E-state index is 5.63. The van der Waals surface area contributed by atoms with Gasteiger partial charge in [0.1, 0.15) is 0 Å². The van der Waals surface area contributed by atoms with Gasteiger partial charge in [-0.05, 0) is 35.9 Å². The summed E-state index contributed by atoms with van der Waals surface area (Å²) in [5, 5.41) is 8.92. The van der Waals surface area contributed by atoms with Crippen LogP contribution in [0, 0.1) is 0 Å². The summed E-state index contributed by atoms with van der Waals surface area (Å²) in [5.74, 6) is 0.846. The second-order valence-corrected chi connectivity index (χ2v) is 7.95. The van der Waals surface area contributed by atoms with Crippen molar-refractivity contribution in [3.63, 3.8) is 0 Å². The van der Waals surface area contributed by atoms with E-state index in [1.165, 1.54) is 16.0 Å². The van der Waals surface area contributed by atoms with Crippen LogP contribution in [-0.4, -0.2) is 50.3 Å². The number of guanidine groups is 1. The van der Waals surface area contributed by atoms with Crippen LogP contribution in [0.1, 0.15) is 22.9 Å². The van der Waals surface area contributed by atoms with Crippen molar-refractivity contribution in [3.8, 4) is 0 Å². The lowest BCUT2D eigenvalue weighted by molar-refractivity contribution is -0.0212. The van der Waals surface area contributed by atoms with Crippen molar-refractivity contribution < 1.29 is 4.74 Å². The Morgan fingerprint density at radius 1 is 1.26 bits per heavy atom. The molecule has 2 N–H and O–H groups in total. The third-order valence-corrected chi connectivity index (χ3v) is 5.59. The second kappa shape index (κ2) is 10.4. The van der Waals surface area contributed by atoms with E-state index in [4.69, 9.17) is 4.74 Å². The Morgan fingerprint density at radius 3 is 2.93 bits per heavy atom. The maximum Gasteiger partial charge on any atom is 0.191 e. The van der Waals surface area contributed by atoms with Crippen LogP contribution in [0.15, 0.2) is 46.8 Å². The van der Waals surface area contributed by atoms with Crippen LogP contribution in [-0.2, 0) is 24.2 Å². The first-order valence-electron chi connectivity index (χ1n) is 9.61. The summed E-state index contributed by atoms with van der Waals surface area (Å²) in [6, 6.07) is 13.1. The van der Waals surface area contributed by atoms with E-state index in [1.54, 1.807) is 11.3 Å². The largest absolute Gasteiger partial charge is 0.376 e. The second-order valence-electron chi connectivity index (χ2n) is 6.92. The molecular weight excluding hydrogens is 356 g/mol. The first-order valence-corrected chi connectivity index (χ1v) is 10.5. The fraction of sp³-hybridized carbons (Fsp3) is 0.476. The summed E-state index contributed by atoms with van der Waals surface area (Å²) in [7, 11) is 1.82. The van der Waals surface area contributed by atoms with Crippen molar-refractivity contribution in [2.24, 2.45) is 4.99 Å².